The molecule has 1 aliphatic heterocycles. The Morgan fingerprint density at radius 2 is 2.08 bits per heavy atom. The summed E-state index contributed by atoms with van der Waals surface area (Å²) in [6.45, 7) is 2.52. The van der Waals surface area contributed by atoms with Crippen molar-refractivity contribution >= 4 is 11.8 Å². The first-order chi connectivity index (χ1) is 11.5. The molecule has 0 radical (unpaired) electrons. The van der Waals surface area contributed by atoms with Crippen molar-refractivity contribution in [2.75, 3.05) is 20.1 Å². The number of amides is 2. The Balaban J connectivity index is 1.83. The Labute approximate surface area is 140 Å². The summed E-state index contributed by atoms with van der Waals surface area (Å²) in [6, 6.07) is 11.6. The lowest BCUT2D eigenvalue weighted by molar-refractivity contribution is -0.132. The molecular weight excluding hydrogens is 306 g/mol. The van der Waals surface area contributed by atoms with Gasteiger partial charge in [-0.2, -0.15) is 0 Å². The Bertz CT molecular complexity index is 741. The third-order valence-corrected chi connectivity index (χ3v) is 4.65. The molecule has 0 bridgehead atoms. The van der Waals surface area contributed by atoms with Gasteiger partial charge in [0.25, 0.3) is 0 Å². The van der Waals surface area contributed by atoms with Crippen molar-refractivity contribution in [3.8, 4) is 11.3 Å². The van der Waals surface area contributed by atoms with E-state index in [2.05, 4.69) is 10.5 Å². The Hall–Kier alpha value is -2.63. The van der Waals surface area contributed by atoms with Crippen LogP contribution in [0.5, 0.6) is 0 Å². The minimum atomic E-state index is -0.659. The van der Waals surface area contributed by atoms with Gasteiger partial charge >= 0.3 is 0 Å². The molecule has 6 heteroatoms. The van der Waals surface area contributed by atoms with Crippen molar-refractivity contribution in [3.05, 3.63) is 42.2 Å². The number of hydrogen-bond acceptors (Lipinski definition) is 4. The van der Waals surface area contributed by atoms with Gasteiger partial charge in [0.2, 0.25) is 11.8 Å². The van der Waals surface area contributed by atoms with E-state index in [1.807, 2.05) is 36.4 Å². The van der Waals surface area contributed by atoms with Crippen molar-refractivity contribution < 1.29 is 14.1 Å². The highest BCUT2D eigenvalue weighted by Crippen LogP contribution is 2.35. The second kappa shape index (κ2) is 6.47. The maximum Gasteiger partial charge on any atom is 0.228 e. The number of carbonyl (C=O) groups excluding carboxylic acids is 2. The van der Waals surface area contributed by atoms with Crippen molar-refractivity contribution in [2.24, 2.45) is 5.41 Å². The number of nitrogens with one attached hydrogen (secondary N) is 1. The van der Waals surface area contributed by atoms with Crippen LogP contribution in [0.2, 0.25) is 0 Å². The minimum Gasteiger partial charge on any atom is -0.361 e. The molecule has 2 heterocycles. The van der Waals surface area contributed by atoms with Gasteiger partial charge in [0.05, 0.1) is 5.41 Å². The molecule has 0 aliphatic carbocycles. The molecule has 1 fully saturated rings. The number of benzene rings is 1. The second-order valence-electron chi connectivity index (χ2n) is 6.27. The van der Waals surface area contributed by atoms with Crippen molar-refractivity contribution in [1.29, 1.82) is 0 Å². The molecule has 126 valence electrons. The fraction of sp³-hybridized carbons (Fsp3) is 0.389. The van der Waals surface area contributed by atoms with Gasteiger partial charge in [-0.25, -0.2) is 0 Å². The fourth-order valence-corrected chi connectivity index (χ4v) is 3.29. The molecule has 1 aromatic carbocycles. The number of carbonyl (C=O) groups is 2. The van der Waals surface area contributed by atoms with Gasteiger partial charge in [0, 0.05) is 45.1 Å². The highest BCUT2D eigenvalue weighted by Gasteiger charge is 2.45. The van der Waals surface area contributed by atoms with Gasteiger partial charge in [-0.3, -0.25) is 9.59 Å². The maximum absolute atomic E-state index is 12.5. The zero-order valence-corrected chi connectivity index (χ0v) is 13.9. The van der Waals surface area contributed by atoms with Crippen LogP contribution in [0.15, 0.2) is 40.9 Å². The smallest absolute Gasteiger partial charge is 0.228 e. The largest absolute Gasteiger partial charge is 0.361 e. The van der Waals surface area contributed by atoms with Crippen LogP contribution in [0.1, 0.15) is 19.1 Å². The summed E-state index contributed by atoms with van der Waals surface area (Å²) >= 11 is 0. The van der Waals surface area contributed by atoms with E-state index >= 15 is 0 Å². The quantitative estimate of drug-likeness (QED) is 0.930. The molecule has 0 saturated carbocycles. The minimum absolute atomic E-state index is 0.0108. The second-order valence-corrected chi connectivity index (χ2v) is 6.27. The van der Waals surface area contributed by atoms with E-state index in [0.29, 0.717) is 31.7 Å². The predicted molar refractivity (Wildman–Crippen MR) is 89.0 cm³/mol. The number of nitrogens with zero attached hydrogens (tertiary/aromatic N) is 2. The Morgan fingerprint density at radius 3 is 2.71 bits per heavy atom. The molecular formula is C18H21N3O3. The van der Waals surface area contributed by atoms with E-state index in [1.165, 1.54) is 6.92 Å². The molecule has 0 spiro atoms. The Kier molecular flexibility index (Phi) is 4.38. The van der Waals surface area contributed by atoms with E-state index in [1.54, 1.807) is 11.9 Å². The van der Waals surface area contributed by atoms with E-state index in [-0.39, 0.29) is 11.8 Å². The average Bonchev–Trinajstić information content (AvgIpc) is 3.23. The van der Waals surface area contributed by atoms with Crippen LogP contribution in [0, 0.1) is 5.41 Å². The number of likely N-dealkylation sites (tertiary alicyclic amines) is 1. The molecule has 1 unspecified atom stereocenters. The first kappa shape index (κ1) is 16.2. The summed E-state index contributed by atoms with van der Waals surface area (Å²) in [5, 5.41) is 6.84. The normalized spacial score (nSPS) is 20.2. The van der Waals surface area contributed by atoms with Gasteiger partial charge in [-0.1, -0.05) is 35.5 Å². The summed E-state index contributed by atoms with van der Waals surface area (Å²) in [5.41, 5.74) is 1.06. The zero-order valence-electron chi connectivity index (χ0n) is 13.9. The van der Waals surface area contributed by atoms with Crippen LogP contribution in [-0.4, -0.2) is 42.0 Å². The molecule has 3 rings (SSSR count). The van der Waals surface area contributed by atoms with Gasteiger partial charge in [0.15, 0.2) is 0 Å². The van der Waals surface area contributed by atoms with Crippen LogP contribution in [0.25, 0.3) is 11.3 Å². The van der Waals surface area contributed by atoms with Gasteiger partial charge in [0.1, 0.15) is 11.5 Å². The monoisotopic (exact) mass is 327 g/mol. The molecule has 2 aromatic rings. The standard InChI is InChI=1S/C18H21N3O3/c1-13(22)21-9-8-18(12-21,17(23)19-2)11-15-10-16(20-24-15)14-6-4-3-5-7-14/h3-7,10H,8-9,11-12H2,1-2H3,(H,19,23). The average molecular weight is 327 g/mol. The van der Waals surface area contributed by atoms with Crippen molar-refractivity contribution in [2.45, 2.75) is 19.8 Å². The van der Waals surface area contributed by atoms with Crippen LogP contribution in [0.4, 0.5) is 0 Å². The number of rotatable bonds is 4. The zero-order chi connectivity index (χ0) is 17.2. The van der Waals surface area contributed by atoms with Crippen LogP contribution < -0.4 is 5.32 Å². The molecule has 1 aromatic heterocycles. The van der Waals surface area contributed by atoms with E-state index in [0.717, 1.165) is 11.3 Å². The molecule has 1 aliphatic rings. The fourth-order valence-electron chi connectivity index (χ4n) is 3.29. The van der Waals surface area contributed by atoms with Crippen LogP contribution in [-0.2, 0) is 16.0 Å². The number of hydrogen-bond donors (Lipinski definition) is 1. The van der Waals surface area contributed by atoms with Gasteiger partial charge < -0.3 is 14.7 Å². The highest BCUT2D eigenvalue weighted by atomic mass is 16.5. The summed E-state index contributed by atoms with van der Waals surface area (Å²) in [7, 11) is 1.62. The predicted octanol–water partition coefficient (Wildman–Crippen LogP) is 1.87. The lowest BCUT2D eigenvalue weighted by atomic mass is 9.81. The van der Waals surface area contributed by atoms with Crippen LogP contribution >= 0.6 is 0 Å². The molecule has 1 N–H and O–H groups in total. The van der Waals surface area contributed by atoms with E-state index in [4.69, 9.17) is 4.52 Å². The van der Waals surface area contributed by atoms with E-state index in [9.17, 15) is 9.59 Å². The topological polar surface area (TPSA) is 75.4 Å². The molecule has 2 amide bonds. The van der Waals surface area contributed by atoms with Crippen molar-refractivity contribution in [3.63, 3.8) is 0 Å². The summed E-state index contributed by atoms with van der Waals surface area (Å²) in [6.07, 6.45) is 1.05. The lowest BCUT2D eigenvalue weighted by Gasteiger charge is -2.26. The summed E-state index contributed by atoms with van der Waals surface area (Å²) in [4.78, 5) is 25.8. The molecule has 6 nitrogen and oxygen atoms in total. The van der Waals surface area contributed by atoms with Gasteiger partial charge in [-0.05, 0) is 6.42 Å². The number of aromatic nitrogens is 1. The SMILES string of the molecule is CNC(=O)C1(Cc2cc(-c3ccccc3)no2)CCN(C(C)=O)C1. The third-order valence-electron chi connectivity index (χ3n) is 4.65. The molecule has 1 saturated heterocycles. The highest BCUT2D eigenvalue weighted by molar-refractivity contribution is 5.85. The lowest BCUT2D eigenvalue weighted by Crippen LogP contribution is -2.43. The van der Waals surface area contributed by atoms with Crippen molar-refractivity contribution in [1.82, 2.24) is 15.4 Å². The summed E-state index contributed by atoms with van der Waals surface area (Å²) < 4.78 is 5.46. The maximum atomic E-state index is 12.5. The molecule has 24 heavy (non-hydrogen) atoms. The van der Waals surface area contributed by atoms with E-state index < -0.39 is 5.41 Å². The molecule has 1 atom stereocenters. The van der Waals surface area contributed by atoms with Crippen LogP contribution in [0.3, 0.4) is 0 Å². The Morgan fingerprint density at radius 1 is 1.33 bits per heavy atom. The first-order valence-electron chi connectivity index (χ1n) is 8.03. The first-order valence-corrected chi connectivity index (χ1v) is 8.03. The third kappa shape index (κ3) is 3.04. The van der Waals surface area contributed by atoms with Gasteiger partial charge in [-0.15, -0.1) is 0 Å². The summed E-state index contributed by atoms with van der Waals surface area (Å²) in [5.74, 6) is 0.579.